The van der Waals surface area contributed by atoms with Crippen molar-refractivity contribution in [2.45, 2.75) is 12.8 Å². The summed E-state index contributed by atoms with van der Waals surface area (Å²) >= 11 is 1.01. The van der Waals surface area contributed by atoms with Gasteiger partial charge in [0.15, 0.2) is 0 Å². The molecule has 0 saturated carbocycles. The van der Waals surface area contributed by atoms with Crippen molar-refractivity contribution in [3.05, 3.63) is 47.3 Å². The minimum Gasteiger partial charge on any atom is -0.322 e. The van der Waals surface area contributed by atoms with Crippen LogP contribution in [0.5, 0.6) is 0 Å². The van der Waals surface area contributed by atoms with Gasteiger partial charge >= 0.3 is 0 Å². The van der Waals surface area contributed by atoms with Crippen LogP contribution >= 0.6 is 11.9 Å². The molecular formula is C13H10FNOS. The summed E-state index contributed by atoms with van der Waals surface area (Å²) < 4.78 is 16.9. The predicted octanol–water partition coefficient (Wildman–Crippen LogP) is 3.53. The Balaban J connectivity index is 2.29. The quantitative estimate of drug-likeness (QED) is 0.711. The molecule has 0 fully saturated rings. The predicted molar refractivity (Wildman–Crippen MR) is 67.9 cm³/mol. The molecule has 0 spiro atoms. The SMILES string of the molecule is O=C1SNc2cccc(F)c2C2=C1C=CCC2. The van der Waals surface area contributed by atoms with Crippen molar-refractivity contribution in [2.75, 3.05) is 4.72 Å². The first-order chi connectivity index (χ1) is 8.27. The first kappa shape index (κ1) is 10.6. The molecule has 0 aromatic heterocycles. The highest BCUT2D eigenvalue weighted by Crippen LogP contribution is 2.40. The molecule has 0 amide bonds. The lowest BCUT2D eigenvalue weighted by Crippen LogP contribution is -2.01. The molecule has 1 aliphatic carbocycles. The monoisotopic (exact) mass is 247 g/mol. The molecule has 0 unspecified atom stereocenters. The highest BCUT2D eigenvalue weighted by Gasteiger charge is 2.25. The summed E-state index contributed by atoms with van der Waals surface area (Å²) in [7, 11) is 0. The van der Waals surface area contributed by atoms with Crippen molar-refractivity contribution < 1.29 is 9.18 Å². The van der Waals surface area contributed by atoms with E-state index in [4.69, 9.17) is 0 Å². The van der Waals surface area contributed by atoms with Gasteiger partial charge in [0.25, 0.3) is 0 Å². The van der Waals surface area contributed by atoms with E-state index < -0.39 is 0 Å². The van der Waals surface area contributed by atoms with Crippen molar-refractivity contribution in [2.24, 2.45) is 0 Å². The van der Waals surface area contributed by atoms with E-state index in [1.807, 2.05) is 6.08 Å². The van der Waals surface area contributed by atoms with Gasteiger partial charge in [0, 0.05) is 23.1 Å². The third kappa shape index (κ3) is 1.69. The Labute approximate surface area is 103 Å². The van der Waals surface area contributed by atoms with Gasteiger partial charge in [0.2, 0.25) is 5.12 Å². The lowest BCUT2D eigenvalue weighted by Gasteiger charge is -2.14. The smallest absolute Gasteiger partial charge is 0.239 e. The molecule has 2 nitrogen and oxygen atoms in total. The number of carbonyl (C=O) groups is 1. The number of fused-ring (bicyclic) bond motifs is 2. The van der Waals surface area contributed by atoms with Gasteiger partial charge in [0.05, 0.1) is 5.69 Å². The van der Waals surface area contributed by atoms with Crippen LogP contribution in [0.25, 0.3) is 5.57 Å². The Kier molecular flexibility index (Phi) is 2.52. The average Bonchev–Trinajstić information content (AvgIpc) is 2.49. The molecule has 1 aromatic rings. The van der Waals surface area contributed by atoms with Crippen LogP contribution in [0, 0.1) is 5.82 Å². The Hall–Kier alpha value is -1.55. The zero-order valence-corrected chi connectivity index (χ0v) is 9.81. The van der Waals surface area contributed by atoms with Crippen molar-refractivity contribution in [3.63, 3.8) is 0 Å². The molecule has 3 rings (SSSR count). The molecule has 1 heterocycles. The summed E-state index contributed by atoms with van der Waals surface area (Å²) in [5.74, 6) is -0.270. The Morgan fingerprint density at radius 3 is 3.12 bits per heavy atom. The minimum absolute atomic E-state index is 0.0495. The molecule has 1 N–H and O–H groups in total. The van der Waals surface area contributed by atoms with Crippen LogP contribution < -0.4 is 4.72 Å². The van der Waals surface area contributed by atoms with E-state index in [9.17, 15) is 9.18 Å². The van der Waals surface area contributed by atoms with Gasteiger partial charge < -0.3 is 4.72 Å². The lowest BCUT2D eigenvalue weighted by atomic mass is 9.91. The number of hydrogen-bond donors (Lipinski definition) is 1. The third-order valence-electron chi connectivity index (χ3n) is 2.96. The van der Waals surface area contributed by atoms with Crippen molar-refractivity contribution in [3.8, 4) is 0 Å². The highest BCUT2D eigenvalue weighted by molar-refractivity contribution is 8.15. The van der Waals surface area contributed by atoms with E-state index in [2.05, 4.69) is 4.72 Å². The molecule has 0 saturated heterocycles. The summed E-state index contributed by atoms with van der Waals surface area (Å²) in [6, 6.07) is 4.88. The number of benzene rings is 1. The number of rotatable bonds is 0. The van der Waals surface area contributed by atoms with Gasteiger partial charge in [-0.3, -0.25) is 4.79 Å². The molecule has 0 radical (unpaired) electrons. The Morgan fingerprint density at radius 1 is 1.35 bits per heavy atom. The summed E-state index contributed by atoms with van der Waals surface area (Å²) in [6.07, 6.45) is 5.33. The second kappa shape index (κ2) is 4.04. The number of carbonyl (C=O) groups excluding carboxylic acids is 1. The van der Waals surface area contributed by atoms with E-state index in [0.29, 0.717) is 23.2 Å². The first-order valence-corrected chi connectivity index (χ1v) is 6.25. The zero-order chi connectivity index (χ0) is 11.8. The molecule has 17 heavy (non-hydrogen) atoms. The molecule has 1 aliphatic heterocycles. The van der Waals surface area contributed by atoms with Gasteiger partial charge in [-0.15, -0.1) is 0 Å². The molecule has 0 atom stereocenters. The summed E-state index contributed by atoms with van der Waals surface area (Å²) in [6.45, 7) is 0. The van der Waals surface area contributed by atoms with E-state index >= 15 is 0 Å². The molecule has 0 bridgehead atoms. The summed E-state index contributed by atoms with van der Waals surface area (Å²) in [5, 5.41) is -0.0495. The Bertz CT molecular complexity index is 563. The van der Waals surface area contributed by atoms with E-state index in [1.165, 1.54) is 6.07 Å². The van der Waals surface area contributed by atoms with Crippen LogP contribution in [0.3, 0.4) is 0 Å². The Morgan fingerprint density at radius 2 is 2.24 bits per heavy atom. The highest BCUT2D eigenvalue weighted by atomic mass is 32.2. The molecular weight excluding hydrogens is 237 g/mol. The molecule has 2 aliphatic rings. The molecule has 86 valence electrons. The standard InChI is InChI=1S/C13H10FNOS/c14-10-6-3-7-11-12(10)8-4-1-2-5-9(8)13(16)17-15-11/h2-3,5-7,15H,1,4H2. The van der Waals surface area contributed by atoms with Crippen LogP contribution in [0.2, 0.25) is 0 Å². The molecule has 1 aromatic carbocycles. The second-order valence-corrected chi connectivity index (χ2v) is 4.77. The van der Waals surface area contributed by atoms with Crippen molar-refractivity contribution >= 4 is 28.3 Å². The second-order valence-electron chi connectivity index (χ2n) is 3.99. The van der Waals surface area contributed by atoms with Crippen molar-refractivity contribution in [1.29, 1.82) is 0 Å². The fourth-order valence-electron chi connectivity index (χ4n) is 2.19. The van der Waals surface area contributed by atoms with Gasteiger partial charge in [-0.05, 0) is 30.5 Å². The van der Waals surface area contributed by atoms with E-state index in [-0.39, 0.29) is 10.9 Å². The fourth-order valence-corrected chi connectivity index (χ4v) is 2.86. The average molecular weight is 247 g/mol. The topological polar surface area (TPSA) is 29.1 Å². The van der Waals surface area contributed by atoms with Gasteiger partial charge in [0.1, 0.15) is 5.82 Å². The van der Waals surface area contributed by atoms with Crippen LogP contribution in [0.1, 0.15) is 18.4 Å². The van der Waals surface area contributed by atoms with Crippen LogP contribution in [-0.4, -0.2) is 5.12 Å². The fraction of sp³-hybridized carbons (Fsp3) is 0.154. The first-order valence-electron chi connectivity index (χ1n) is 5.43. The number of halogens is 1. The number of anilines is 1. The van der Waals surface area contributed by atoms with Gasteiger partial charge in [-0.25, -0.2) is 4.39 Å². The van der Waals surface area contributed by atoms with Crippen LogP contribution in [0.4, 0.5) is 10.1 Å². The number of hydrogen-bond acceptors (Lipinski definition) is 3. The zero-order valence-electron chi connectivity index (χ0n) is 9.00. The molecule has 4 heteroatoms. The third-order valence-corrected chi connectivity index (χ3v) is 3.69. The lowest BCUT2D eigenvalue weighted by molar-refractivity contribution is -0.107. The minimum atomic E-state index is -0.270. The van der Waals surface area contributed by atoms with E-state index in [0.717, 1.165) is 23.9 Å². The largest absolute Gasteiger partial charge is 0.322 e. The van der Waals surface area contributed by atoms with E-state index in [1.54, 1.807) is 18.2 Å². The number of allylic oxidation sites excluding steroid dienone is 3. The van der Waals surface area contributed by atoms with Crippen molar-refractivity contribution in [1.82, 2.24) is 0 Å². The summed E-state index contributed by atoms with van der Waals surface area (Å²) in [4.78, 5) is 11.9. The summed E-state index contributed by atoms with van der Waals surface area (Å²) in [5.41, 5.74) is 2.68. The van der Waals surface area contributed by atoms with Gasteiger partial charge in [-0.2, -0.15) is 0 Å². The maximum absolute atomic E-state index is 13.9. The normalized spacial score (nSPS) is 18.3. The van der Waals surface area contributed by atoms with Gasteiger partial charge in [-0.1, -0.05) is 18.2 Å². The maximum Gasteiger partial charge on any atom is 0.239 e. The van der Waals surface area contributed by atoms with Crippen LogP contribution in [-0.2, 0) is 4.79 Å². The number of nitrogens with one attached hydrogen (secondary N) is 1. The maximum atomic E-state index is 13.9. The van der Waals surface area contributed by atoms with Crippen LogP contribution in [0.15, 0.2) is 35.9 Å².